The molecule has 2 fully saturated rings. The molecule has 0 bridgehead atoms. The molecular weight excluding hydrogens is 296 g/mol. The quantitative estimate of drug-likeness (QED) is 0.790. The van der Waals surface area contributed by atoms with Crippen LogP contribution in [0.15, 0.2) is 12.1 Å². The first-order valence-electron chi connectivity index (χ1n) is 8.16. The Balaban J connectivity index is 1.62. The number of phenolic OH excluding ortho intramolecular Hbond substituents is 1. The molecule has 2 aliphatic rings. The van der Waals surface area contributed by atoms with E-state index in [4.69, 9.17) is 14.2 Å². The van der Waals surface area contributed by atoms with E-state index in [0.29, 0.717) is 18.0 Å². The first kappa shape index (κ1) is 16.4. The Morgan fingerprint density at radius 1 is 1.17 bits per heavy atom. The fourth-order valence-electron chi connectivity index (χ4n) is 3.41. The van der Waals surface area contributed by atoms with Crippen molar-refractivity contribution in [3.05, 3.63) is 17.7 Å². The molecule has 2 N–H and O–H groups in total. The van der Waals surface area contributed by atoms with Gasteiger partial charge in [-0.15, -0.1) is 0 Å². The second-order valence-corrected chi connectivity index (χ2v) is 6.36. The summed E-state index contributed by atoms with van der Waals surface area (Å²) in [5.41, 5.74) is 1.18. The van der Waals surface area contributed by atoms with Crippen molar-refractivity contribution in [2.45, 2.75) is 24.9 Å². The number of hydrogen-bond acceptors (Lipinski definition) is 6. The van der Waals surface area contributed by atoms with Gasteiger partial charge in [0, 0.05) is 13.1 Å². The van der Waals surface area contributed by atoms with Gasteiger partial charge in [-0.1, -0.05) is 0 Å². The SMILES string of the molecule is COc1cc(CNCC2(N3CCCC3)COC2)cc(OC)c1O. The standard InChI is InChI=1S/C17H26N2O4/c1-21-14-7-13(8-15(22-2)16(14)20)9-18-10-17(11-23-12-17)19-5-3-4-6-19/h7-8,18,20H,3-6,9-12H2,1-2H3. The Morgan fingerprint density at radius 2 is 1.78 bits per heavy atom. The number of methoxy groups -OCH3 is 2. The highest BCUT2D eigenvalue weighted by Crippen LogP contribution is 2.37. The van der Waals surface area contributed by atoms with E-state index >= 15 is 0 Å². The number of rotatable bonds is 7. The summed E-state index contributed by atoms with van der Waals surface area (Å²) in [4.78, 5) is 2.56. The van der Waals surface area contributed by atoms with Gasteiger partial charge in [-0.2, -0.15) is 0 Å². The molecule has 0 unspecified atom stereocenters. The second kappa shape index (κ2) is 6.95. The molecule has 23 heavy (non-hydrogen) atoms. The van der Waals surface area contributed by atoms with Crippen LogP contribution in [-0.4, -0.2) is 62.6 Å². The van der Waals surface area contributed by atoms with Crippen LogP contribution in [0.1, 0.15) is 18.4 Å². The number of ether oxygens (including phenoxy) is 3. The van der Waals surface area contributed by atoms with Crippen LogP contribution in [0.5, 0.6) is 17.2 Å². The van der Waals surface area contributed by atoms with Crippen LogP contribution in [0.2, 0.25) is 0 Å². The number of benzene rings is 1. The highest BCUT2D eigenvalue weighted by atomic mass is 16.5. The molecule has 0 saturated carbocycles. The number of aromatic hydroxyl groups is 1. The van der Waals surface area contributed by atoms with Gasteiger partial charge in [0.15, 0.2) is 11.5 Å². The van der Waals surface area contributed by atoms with Gasteiger partial charge in [-0.3, -0.25) is 4.90 Å². The van der Waals surface area contributed by atoms with Gasteiger partial charge in [-0.05, 0) is 43.6 Å². The van der Waals surface area contributed by atoms with Gasteiger partial charge in [0.1, 0.15) is 0 Å². The largest absolute Gasteiger partial charge is 0.502 e. The molecular formula is C17H26N2O4. The number of hydrogen-bond donors (Lipinski definition) is 2. The molecule has 1 aromatic carbocycles. The lowest BCUT2D eigenvalue weighted by atomic mass is 9.95. The average molecular weight is 322 g/mol. The van der Waals surface area contributed by atoms with Crippen LogP contribution >= 0.6 is 0 Å². The summed E-state index contributed by atoms with van der Waals surface area (Å²) >= 11 is 0. The zero-order valence-corrected chi connectivity index (χ0v) is 13.9. The zero-order chi connectivity index (χ0) is 16.3. The van der Waals surface area contributed by atoms with Gasteiger partial charge in [-0.25, -0.2) is 0 Å². The maximum Gasteiger partial charge on any atom is 0.200 e. The lowest BCUT2D eigenvalue weighted by Crippen LogP contribution is -2.66. The van der Waals surface area contributed by atoms with Crippen molar-refractivity contribution in [2.75, 3.05) is 47.1 Å². The Morgan fingerprint density at radius 3 is 2.26 bits per heavy atom. The fourth-order valence-corrected chi connectivity index (χ4v) is 3.41. The lowest BCUT2D eigenvalue weighted by Gasteiger charge is -2.48. The third-order valence-corrected chi connectivity index (χ3v) is 4.84. The Hall–Kier alpha value is -1.50. The van der Waals surface area contributed by atoms with E-state index in [1.54, 1.807) is 14.2 Å². The van der Waals surface area contributed by atoms with Crippen molar-refractivity contribution in [3.63, 3.8) is 0 Å². The molecule has 1 aromatic rings. The molecule has 2 saturated heterocycles. The van der Waals surface area contributed by atoms with Gasteiger partial charge < -0.3 is 24.6 Å². The summed E-state index contributed by atoms with van der Waals surface area (Å²) < 4.78 is 15.9. The van der Waals surface area contributed by atoms with Crippen molar-refractivity contribution >= 4 is 0 Å². The lowest BCUT2D eigenvalue weighted by molar-refractivity contribution is -0.131. The smallest absolute Gasteiger partial charge is 0.200 e. The van der Waals surface area contributed by atoms with E-state index in [1.165, 1.54) is 25.9 Å². The molecule has 128 valence electrons. The third kappa shape index (κ3) is 3.24. The summed E-state index contributed by atoms with van der Waals surface area (Å²) in [6.07, 6.45) is 2.57. The van der Waals surface area contributed by atoms with Gasteiger partial charge in [0.05, 0.1) is 33.0 Å². The predicted molar refractivity (Wildman–Crippen MR) is 87.3 cm³/mol. The summed E-state index contributed by atoms with van der Waals surface area (Å²) in [6, 6.07) is 3.68. The molecule has 0 atom stereocenters. The molecule has 0 radical (unpaired) electrons. The second-order valence-electron chi connectivity index (χ2n) is 6.36. The number of nitrogens with one attached hydrogen (secondary N) is 1. The van der Waals surface area contributed by atoms with Crippen LogP contribution in [-0.2, 0) is 11.3 Å². The predicted octanol–water partition coefficient (Wildman–Crippen LogP) is 1.36. The van der Waals surface area contributed by atoms with Crippen molar-refractivity contribution in [1.82, 2.24) is 10.2 Å². The zero-order valence-electron chi connectivity index (χ0n) is 13.9. The third-order valence-electron chi connectivity index (χ3n) is 4.84. The van der Waals surface area contributed by atoms with E-state index in [9.17, 15) is 5.11 Å². The minimum Gasteiger partial charge on any atom is -0.502 e. The summed E-state index contributed by atoms with van der Waals surface area (Å²) in [5.74, 6) is 0.907. The van der Waals surface area contributed by atoms with E-state index in [0.717, 1.165) is 25.3 Å². The van der Waals surface area contributed by atoms with Crippen LogP contribution in [0.25, 0.3) is 0 Å². The minimum absolute atomic E-state index is 0.0414. The minimum atomic E-state index is 0.0414. The van der Waals surface area contributed by atoms with E-state index in [1.807, 2.05) is 12.1 Å². The molecule has 0 amide bonds. The summed E-state index contributed by atoms with van der Waals surface area (Å²) in [6.45, 7) is 5.56. The topological polar surface area (TPSA) is 63.2 Å². The van der Waals surface area contributed by atoms with Crippen molar-refractivity contribution in [3.8, 4) is 17.2 Å². The number of phenols is 1. The van der Waals surface area contributed by atoms with Crippen molar-refractivity contribution in [2.24, 2.45) is 0 Å². The van der Waals surface area contributed by atoms with Crippen LogP contribution < -0.4 is 14.8 Å². The molecule has 3 rings (SSSR count). The maximum absolute atomic E-state index is 9.97. The van der Waals surface area contributed by atoms with Crippen molar-refractivity contribution < 1.29 is 19.3 Å². The molecule has 0 spiro atoms. The molecule has 0 aliphatic carbocycles. The van der Waals surface area contributed by atoms with Gasteiger partial charge >= 0.3 is 0 Å². The first-order valence-corrected chi connectivity index (χ1v) is 8.16. The van der Waals surface area contributed by atoms with Crippen LogP contribution in [0, 0.1) is 0 Å². The molecule has 6 nitrogen and oxygen atoms in total. The maximum atomic E-state index is 9.97. The molecule has 2 heterocycles. The fraction of sp³-hybridized carbons (Fsp3) is 0.647. The van der Waals surface area contributed by atoms with Gasteiger partial charge in [0.25, 0.3) is 0 Å². The highest BCUT2D eigenvalue weighted by Gasteiger charge is 2.44. The van der Waals surface area contributed by atoms with E-state index in [-0.39, 0.29) is 11.3 Å². The van der Waals surface area contributed by atoms with E-state index < -0.39 is 0 Å². The summed E-state index contributed by atoms with van der Waals surface area (Å²) in [7, 11) is 3.08. The summed E-state index contributed by atoms with van der Waals surface area (Å²) in [5, 5.41) is 13.5. The number of likely N-dealkylation sites (tertiary alicyclic amines) is 1. The van der Waals surface area contributed by atoms with Crippen LogP contribution in [0.3, 0.4) is 0 Å². The Bertz CT molecular complexity index is 514. The average Bonchev–Trinajstić information content (AvgIpc) is 3.05. The van der Waals surface area contributed by atoms with E-state index in [2.05, 4.69) is 10.2 Å². The Labute approximate surface area is 137 Å². The molecule has 6 heteroatoms. The number of nitrogens with zero attached hydrogens (tertiary/aromatic N) is 1. The molecule has 0 aromatic heterocycles. The normalized spacial score (nSPS) is 20.3. The Kier molecular flexibility index (Phi) is 4.94. The van der Waals surface area contributed by atoms with Crippen LogP contribution in [0.4, 0.5) is 0 Å². The first-order chi connectivity index (χ1) is 11.2. The van der Waals surface area contributed by atoms with Crippen molar-refractivity contribution in [1.29, 1.82) is 0 Å². The van der Waals surface area contributed by atoms with Gasteiger partial charge in [0.2, 0.25) is 5.75 Å². The monoisotopic (exact) mass is 322 g/mol. The molecule has 2 aliphatic heterocycles. The highest BCUT2D eigenvalue weighted by molar-refractivity contribution is 5.52.